The van der Waals surface area contributed by atoms with Crippen LogP contribution in [0.2, 0.25) is 0 Å². The second-order valence-corrected chi connectivity index (χ2v) is 14.4. The number of rotatable bonds is 2. The summed E-state index contributed by atoms with van der Waals surface area (Å²) in [6.45, 7) is 8.64. The molecule has 2 bridgehead atoms. The van der Waals surface area contributed by atoms with Gasteiger partial charge in [0.05, 0.1) is 22.5 Å². The van der Waals surface area contributed by atoms with Crippen molar-refractivity contribution < 1.29 is 9.59 Å². The Hall–Kier alpha value is -2.64. The van der Waals surface area contributed by atoms with Crippen molar-refractivity contribution in [1.82, 2.24) is 4.98 Å². The van der Waals surface area contributed by atoms with Crippen molar-refractivity contribution in [2.24, 2.45) is 29.6 Å². The van der Waals surface area contributed by atoms with Gasteiger partial charge in [-0.2, -0.15) is 0 Å². The molecule has 3 aromatic rings. The number of carbonyl (C=O) groups excluding carboxylic acids is 2. The van der Waals surface area contributed by atoms with Crippen LogP contribution >= 0.6 is 23.1 Å². The summed E-state index contributed by atoms with van der Waals surface area (Å²) in [4.78, 5) is 45.6. The number of thiazole rings is 1. The van der Waals surface area contributed by atoms with Gasteiger partial charge in [0.1, 0.15) is 0 Å². The lowest BCUT2D eigenvalue weighted by atomic mass is 9.68. The van der Waals surface area contributed by atoms with Crippen molar-refractivity contribution in [2.45, 2.75) is 55.7 Å². The fraction of sp³-hybridized carbons (Fsp3) is 0.433. The van der Waals surface area contributed by atoms with E-state index in [1.165, 1.54) is 27.4 Å². The molecule has 4 aliphatic rings. The smallest absolute Gasteiger partial charge is 0.305 e. The Labute approximate surface area is 224 Å². The third kappa shape index (κ3) is 3.32. The molecule has 1 N–H and O–H groups in total. The second kappa shape index (κ2) is 7.93. The third-order valence-electron chi connectivity index (χ3n) is 9.15. The molecule has 6 unspecified atom stereocenters. The summed E-state index contributed by atoms with van der Waals surface area (Å²) in [7, 11) is 0. The van der Waals surface area contributed by atoms with Crippen molar-refractivity contribution in [2.75, 3.05) is 4.90 Å². The van der Waals surface area contributed by atoms with Gasteiger partial charge in [-0.1, -0.05) is 74.1 Å². The van der Waals surface area contributed by atoms with Crippen LogP contribution in [0.15, 0.2) is 58.4 Å². The molecule has 190 valence electrons. The number of hydrogen-bond acceptors (Lipinski definition) is 5. The number of aryl methyl sites for hydroxylation is 1. The van der Waals surface area contributed by atoms with Crippen molar-refractivity contribution in [1.29, 1.82) is 0 Å². The van der Waals surface area contributed by atoms with E-state index in [-0.39, 0.29) is 62.9 Å². The number of thioether (sulfide) groups is 1. The van der Waals surface area contributed by atoms with Crippen molar-refractivity contribution >= 4 is 40.6 Å². The molecule has 3 fully saturated rings. The van der Waals surface area contributed by atoms with Gasteiger partial charge in [-0.3, -0.25) is 19.3 Å². The van der Waals surface area contributed by atoms with Gasteiger partial charge in [-0.25, -0.2) is 0 Å². The maximum Gasteiger partial charge on any atom is 0.305 e. The van der Waals surface area contributed by atoms with E-state index in [0.717, 1.165) is 21.9 Å². The summed E-state index contributed by atoms with van der Waals surface area (Å²) in [5, 5.41) is 1.17. The Balaban J connectivity index is 1.30. The fourth-order valence-corrected chi connectivity index (χ4v) is 10.4. The zero-order chi connectivity index (χ0) is 25.8. The summed E-state index contributed by atoms with van der Waals surface area (Å²) < 4.78 is 0. The largest absolute Gasteiger partial charge is 0.307 e. The van der Waals surface area contributed by atoms with Gasteiger partial charge >= 0.3 is 4.87 Å². The molecule has 0 spiro atoms. The highest BCUT2D eigenvalue weighted by Gasteiger charge is 2.69. The number of nitrogens with zero attached hydrogens (tertiary/aromatic N) is 1. The minimum Gasteiger partial charge on any atom is -0.307 e. The molecule has 2 aliphatic heterocycles. The predicted octanol–water partition coefficient (Wildman–Crippen LogP) is 5.72. The molecule has 7 heteroatoms. The van der Waals surface area contributed by atoms with Crippen LogP contribution in [0, 0.1) is 36.5 Å². The molecular formula is C30H30N2O3S2. The van der Waals surface area contributed by atoms with E-state index in [1.807, 2.05) is 31.2 Å². The summed E-state index contributed by atoms with van der Waals surface area (Å²) in [5.41, 5.74) is 4.33. The highest BCUT2D eigenvalue weighted by Crippen LogP contribution is 2.68. The van der Waals surface area contributed by atoms with Gasteiger partial charge < -0.3 is 4.98 Å². The number of aromatic nitrogens is 1. The van der Waals surface area contributed by atoms with E-state index in [4.69, 9.17) is 0 Å². The number of nitrogens with one attached hydrogen (secondary N) is 1. The summed E-state index contributed by atoms with van der Waals surface area (Å²) in [6.07, 6.45) is 0.909. The number of aromatic amines is 1. The number of hydrogen-bond donors (Lipinski definition) is 1. The normalized spacial score (nSPS) is 32.0. The van der Waals surface area contributed by atoms with Crippen LogP contribution in [0.5, 0.6) is 0 Å². The van der Waals surface area contributed by atoms with Crippen molar-refractivity contribution in [3.05, 3.63) is 79.8 Å². The summed E-state index contributed by atoms with van der Waals surface area (Å²) in [5.74, 6) is -0.0397. The molecule has 7 rings (SSSR count). The minimum atomic E-state index is -0.269. The van der Waals surface area contributed by atoms with E-state index in [0.29, 0.717) is 5.69 Å². The number of anilines is 1. The van der Waals surface area contributed by atoms with Crippen LogP contribution < -0.4 is 9.77 Å². The lowest BCUT2D eigenvalue weighted by Gasteiger charge is -2.43. The van der Waals surface area contributed by atoms with Crippen LogP contribution in [0.25, 0.3) is 0 Å². The number of carbonyl (C=O) groups is 2. The predicted molar refractivity (Wildman–Crippen MR) is 147 cm³/mol. The van der Waals surface area contributed by atoms with Crippen LogP contribution in [-0.2, 0) is 15.0 Å². The average Bonchev–Trinajstić information content (AvgIpc) is 3.58. The molecule has 1 aromatic heterocycles. The van der Waals surface area contributed by atoms with Gasteiger partial charge in [0.25, 0.3) is 0 Å². The van der Waals surface area contributed by atoms with Gasteiger partial charge in [0.15, 0.2) is 0 Å². The van der Waals surface area contributed by atoms with Crippen LogP contribution in [0.1, 0.15) is 54.7 Å². The van der Waals surface area contributed by atoms with Crippen molar-refractivity contribution in [3.8, 4) is 0 Å². The first-order chi connectivity index (χ1) is 17.6. The van der Waals surface area contributed by atoms with E-state index in [2.05, 4.69) is 50.0 Å². The summed E-state index contributed by atoms with van der Waals surface area (Å²) in [6, 6.07) is 16.5. The fourth-order valence-electron chi connectivity index (χ4n) is 7.53. The van der Waals surface area contributed by atoms with E-state index in [1.54, 1.807) is 11.8 Å². The number of fused-ring (bicyclic) bond motifs is 9. The number of imide groups is 1. The second-order valence-electron chi connectivity index (χ2n) is 12.2. The standard InChI is InChI=1S/C30H30N2O3S2/c1-14-5-11-17(12-6-14)32-27(33)22-18-13-19(23(22)28(32)34)24-21(18)20(25-26(36-24)31-29(35)37-25)15-7-9-16(10-8-15)30(2,3)4/h5-12,18-24H,13H2,1-4H3,(H,31,35)/t18?,19?,20-,21?,22?,23?,24?/m1/s1. The number of amides is 2. The van der Waals surface area contributed by atoms with Gasteiger partial charge in [-0.15, -0.1) is 11.8 Å². The Morgan fingerprint density at radius 1 is 0.892 bits per heavy atom. The molecule has 2 aromatic carbocycles. The van der Waals surface area contributed by atoms with Gasteiger partial charge in [0.2, 0.25) is 11.8 Å². The van der Waals surface area contributed by atoms with E-state index in [9.17, 15) is 14.4 Å². The van der Waals surface area contributed by atoms with Crippen LogP contribution in [-0.4, -0.2) is 22.0 Å². The van der Waals surface area contributed by atoms with Gasteiger partial charge in [0, 0.05) is 16.0 Å². The van der Waals surface area contributed by atoms with Crippen LogP contribution in [0.4, 0.5) is 5.69 Å². The van der Waals surface area contributed by atoms with Crippen molar-refractivity contribution in [3.63, 3.8) is 0 Å². The lowest BCUT2D eigenvalue weighted by molar-refractivity contribution is -0.123. The first-order valence-electron chi connectivity index (χ1n) is 13.1. The minimum absolute atomic E-state index is 0.0287. The Bertz CT molecular complexity index is 1480. The molecule has 1 saturated heterocycles. The highest BCUT2D eigenvalue weighted by atomic mass is 32.2. The first-order valence-corrected chi connectivity index (χ1v) is 14.8. The van der Waals surface area contributed by atoms with E-state index >= 15 is 0 Å². The maximum atomic E-state index is 13.8. The van der Waals surface area contributed by atoms with Gasteiger partial charge in [-0.05, 0) is 59.8 Å². The SMILES string of the molecule is Cc1ccc(N2C(=O)C3C4CC(C3C2=O)C2C4Sc3[nH]c(=O)sc3[C@@H]2c2ccc(C(C)(C)C)cc2)cc1. The number of H-pyrrole nitrogens is 1. The maximum absolute atomic E-state index is 13.8. The molecule has 3 heterocycles. The molecule has 0 radical (unpaired) electrons. The Morgan fingerprint density at radius 3 is 2.19 bits per heavy atom. The third-order valence-corrected chi connectivity index (χ3v) is 11.7. The lowest BCUT2D eigenvalue weighted by Crippen LogP contribution is -2.42. The Morgan fingerprint density at radius 2 is 1.54 bits per heavy atom. The molecule has 2 amide bonds. The molecule has 37 heavy (non-hydrogen) atoms. The van der Waals surface area contributed by atoms with Crippen LogP contribution in [0.3, 0.4) is 0 Å². The molecule has 2 aliphatic carbocycles. The average molecular weight is 531 g/mol. The summed E-state index contributed by atoms with van der Waals surface area (Å²) >= 11 is 3.05. The zero-order valence-electron chi connectivity index (χ0n) is 21.4. The van der Waals surface area contributed by atoms with E-state index < -0.39 is 0 Å². The number of benzene rings is 2. The molecule has 7 atom stereocenters. The highest BCUT2D eigenvalue weighted by molar-refractivity contribution is 8.00. The molecular weight excluding hydrogens is 500 g/mol. The monoisotopic (exact) mass is 530 g/mol. The topological polar surface area (TPSA) is 70.2 Å². The quantitative estimate of drug-likeness (QED) is 0.430. The first kappa shape index (κ1) is 23.5. The molecule has 2 saturated carbocycles. The molecule has 5 nitrogen and oxygen atoms in total. The Kier molecular flexibility index (Phi) is 5.03. The zero-order valence-corrected chi connectivity index (χ0v) is 23.0.